The Morgan fingerprint density at radius 1 is 1.11 bits per heavy atom. The second-order valence-corrected chi connectivity index (χ2v) is 9.06. The first-order valence-electron chi connectivity index (χ1n) is 8.37. The first-order chi connectivity index (χ1) is 12.6. The van der Waals surface area contributed by atoms with E-state index in [2.05, 4.69) is 48.2 Å². The fourth-order valence-electron chi connectivity index (χ4n) is 2.25. The lowest BCUT2D eigenvalue weighted by Crippen LogP contribution is -2.41. The standard InChI is InChI=1S/C14H19BO4.C5H3BrIN/c1-13(2)14(3,4)19-15(18-13)11-8-6-10(7-9-11)12(16)17-5;6-5-3-4(7)1-2-8-5/h6-9H,1-5H3;1-3H. The molecule has 1 fully saturated rings. The van der Waals surface area contributed by atoms with Crippen LogP contribution in [-0.2, 0) is 14.0 Å². The maximum atomic E-state index is 11.4. The monoisotopic (exact) mass is 545 g/mol. The number of hydrogen-bond donors (Lipinski definition) is 0. The van der Waals surface area contributed by atoms with Crippen LogP contribution in [0.15, 0.2) is 47.2 Å². The van der Waals surface area contributed by atoms with Crippen LogP contribution in [0.2, 0.25) is 0 Å². The van der Waals surface area contributed by atoms with Gasteiger partial charge in [-0.05, 0) is 95.9 Å². The Morgan fingerprint density at radius 3 is 2.07 bits per heavy atom. The number of hydrogen-bond acceptors (Lipinski definition) is 5. The number of methoxy groups -OCH3 is 1. The molecule has 1 aliphatic rings. The van der Waals surface area contributed by atoms with E-state index >= 15 is 0 Å². The Morgan fingerprint density at radius 2 is 1.67 bits per heavy atom. The Kier molecular flexibility index (Phi) is 7.46. The molecule has 0 radical (unpaired) electrons. The van der Waals surface area contributed by atoms with Gasteiger partial charge in [-0.3, -0.25) is 0 Å². The molecule has 1 aromatic heterocycles. The largest absolute Gasteiger partial charge is 0.494 e. The molecule has 3 rings (SSSR count). The molecule has 0 unspecified atom stereocenters. The van der Waals surface area contributed by atoms with Gasteiger partial charge < -0.3 is 14.0 Å². The highest BCUT2D eigenvalue weighted by molar-refractivity contribution is 14.1. The summed E-state index contributed by atoms with van der Waals surface area (Å²) in [5, 5.41) is 0. The Balaban J connectivity index is 0.000000273. The third-order valence-corrected chi connectivity index (χ3v) is 5.65. The van der Waals surface area contributed by atoms with Crippen LogP contribution in [0.3, 0.4) is 0 Å². The number of carbonyl (C=O) groups excluding carboxylic acids is 1. The fraction of sp³-hybridized carbons (Fsp3) is 0.368. The van der Waals surface area contributed by atoms with Crippen molar-refractivity contribution in [1.82, 2.24) is 4.98 Å². The van der Waals surface area contributed by atoms with Gasteiger partial charge in [-0.25, -0.2) is 9.78 Å². The van der Waals surface area contributed by atoms with Gasteiger partial charge in [0.05, 0.1) is 23.9 Å². The van der Waals surface area contributed by atoms with Crippen LogP contribution in [0.4, 0.5) is 0 Å². The van der Waals surface area contributed by atoms with E-state index < -0.39 is 7.12 Å². The molecule has 5 nitrogen and oxygen atoms in total. The number of esters is 1. The van der Waals surface area contributed by atoms with Crippen LogP contribution < -0.4 is 5.46 Å². The molecule has 0 spiro atoms. The molecule has 8 heteroatoms. The molecule has 0 bridgehead atoms. The smallest absolute Gasteiger partial charge is 0.465 e. The average molecular weight is 546 g/mol. The molecular formula is C19H22BBrINO4. The molecule has 144 valence electrons. The van der Waals surface area contributed by atoms with Gasteiger partial charge in [0.1, 0.15) is 4.60 Å². The van der Waals surface area contributed by atoms with E-state index in [1.54, 1.807) is 18.3 Å². The summed E-state index contributed by atoms with van der Waals surface area (Å²) in [6.07, 6.45) is 1.77. The zero-order valence-electron chi connectivity index (χ0n) is 16.0. The number of pyridine rings is 1. The summed E-state index contributed by atoms with van der Waals surface area (Å²) in [5.41, 5.74) is 0.686. The van der Waals surface area contributed by atoms with Crippen LogP contribution in [0, 0.1) is 3.57 Å². The van der Waals surface area contributed by atoms with Gasteiger partial charge >= 0.3 is 13.1 Å². The number of ether oxygens (including phenoxy) is 1. The molecular weight excluding hydrogens is 524 g/mol. The topological polar surface area (TPSA) is 57.7 Å². The van der Waals surface area contributed by atoms with E-state index in [1.165, 1.54) is 10.7 Å². The van der Waals surface area contributed by atoms with Gasteiger partial charge in [-0.2, -0.15) is 0 Å². The second-order valence-electron chi connectivity index (χ2n) is 7.00. The predicted molar refractivity (Wildman–Crippen MR) is 118 cm³/mol. The summed E-state index contributed by atoms with van der Waals surface area (Å²) in [7, 11) is 0.960. The Hall–Kier alpha value is -0.965. The summed E-state index contributed by atoms with van der Waals surface area (Å²) in [6, 6.07) is 11.0. The Bertz CT molecular complexity index is 765. The van der Waals surface area contributed by atoms with Crippen molar-refractivity contribution in [2.45, 2.75) is 38.9 Å². The molecule has 0 N–H and O–H groups in total. The summed E-state index contributed by atoms with van der Waals surface area (Å²) in [6.45, 7) is 8.04. The van der Waals surface area contributed by atoms with Crippen molar-refractivity contribution >= 4 is 57.1 Å². The van der Waals surface area contributed by atoms with Gasteiger partial charge in [0, 0.05) is 9.77 Å². The van der Waals surface area contributed by atoms with Crippen LogP contribution in [0.1, 0.15) is 38.1 Å². The van der Waals surface area contributed by atoms with Crippen molar-refractivity contribution < 1.29 is 18.8 Å². The number of carbonyl (C=O) groups is 1. The predicted octanol–water partition coefficient (Wildman–Crippen LogP) is 4.22. The van der Waals surface area contributed by atoms with Gasteiger partial charge in [-0.1, -0.05) is 12.1 Å². The first-order valence-corrected chi connectivity index (χ1v) is 10.2. The van der Waals surface area contributed by atoms with Crippen LogP contribution >= 0.6 is 38.5 Å². The van der Waals surface area contributed by atoms with Crippen LogP contribution in [-0.4, -0.2) is 36.4 Å². The quantitative estimate of drug-likeness (QED) is 0.245. The molecule has 2 aromatic rings. The molecule has 1 aliphatic heterocycles. The van der Waals surface area contributed by atoms with E-state index in [9.17, 15) is 4.79 Å². The van der Waals surface area contributed by atoms with E-state index in [0.29, 0.717) is 5.56 Å². The van der Waals surface area contributed by atoms with E-state index in [4.69, 9.17) is 9.31 Å². The van der Waals surface area contributed by atoms with Crippen LogP contribution in [0.25, 0.3) is 0 Å². The molecule has 1 aromatic carbocycles. The van der Waals surface area contributed by atoms with E-state index in [-0.39, 0.29) is 17.2 Å². The molecule has 0 amide bonds. The number of nitrogens with zero attached hydrogens (tertiary/aromatic N) is 1. The molecule has 0 atom stereocenters. The fourth-order valence-corrected chi connectivity index (χ4v) is 3.50. The third kappa shape index (κ3) is 5.76. The van der Waals surface area contributed by atoms with Crippen molar-refractivity contribution in [3.63, 3.8) is 0 Å². The van der Waals surface area contributed by atoms with Gasteiger partial charge in [0.25, 0.3) is 0 Å². The van der Waals surface area contributed by atoms with Crippen LogP contribution in [0.5, 0.6) is 0 Å². The minimum Gasteiger partial charge on any atom is -0.465 e. The number of rotatable bonds is 2. The molecule has 2 heterocycles. The highest BCUT2D eigenvalue weighted by Crippen LogP contribution is 2.36. The van der Waals surface area contributed by atoms with Gasteiger partial charge in [0.2, 0.25) is 0 Å². The number of aromatic nitrogens is 1. The molecule has 1 saturated heterocycles. The average Bonchev–Trinajstić information content (AvgIpc) is 2.82. The molecule has 27 heavy (non-hydrogen) atoms. The lowest BCUT2D eigenvalue weighted by atomic mass is 9.79. The normalized spacial score (nSPS) is 17.1. The Labute approximate surface area is 182 Å². The summed E-state index contributed by atoms with van der Waals surface area (Å²) >= 11 is 5.48. The van der Waals surface area contributed by atoms with E-state index in [1.807, 2.05) is 52.0 Å². The number of benzene rings is 1. The second kappa shape index (κ2) is 9.02. The molecule has 0 saturated carbocycles. The minimum absolute atomic E-state index is 0.347. The van der Waals surface area contributed by atoms with Gasteiger partial charge in [0.15, 0.2) is 0 Å². The first kappa shape index (κ1) is 22.3. The number of halogens is 2. The third-order valence-electron chi connectivity index (χ3n) is 4.55. The summed E-state index contributed by atoms with van der Waals surface area (Å²) in [4.78, 5) is 15.3. The zero-order chi connectivity index (χ0) is 20.2. The summed E-state index contributed by atoms with van der Waals surface area (Å²) in [5.74, 6) is -0.347. The van der Waals surface area contributed by atoms with Crippen molar-refractivity contribution in [1.29, 1.82) is 0 Å². The maximum Gasteiger partial charge on any atom is 0.494 e. The summed E-state index contributed by atoms with van der Waals surface area (Å²) < 4.78 is 18.6. The SMILES string of the molecule is Brc1cc(I)ccn1.COC(=O)c1ccc(B2OC(C)(C)C(C)(C)O2)cc1. The lowest BCUT2D eigenvalue weighted by Gasteiger charge is -2.32. The van der Waals surface area contributed by atoms with Crippen molar-refractivity contribution in [2.24, 2.45) is 0 Å². The van der Waals surface area contributed by atoms with E-state index in [0.717, 1.165) is 10.1 Å². The maximum absolute atomic E-state index is 11.4. The minimum atomic E-state index is -0.406. The highest BCUT2D eigenvalue weighted by atomic mass is 127. The van der Waals surface area contributed by atoms with Crippen molar-refractivity contribution in [3.05, 3.63) is 56.3 Å². The lowest BCUT2D eigenvalue weighted by molar-refractivity contribution is 0.00578. The zero-order valence-corrected chi connectivity index (χ0v) is 19.7. The highest BCUT2D eigenvalue weighted by Gasteiger charge is 2.51. The van der Waals surface area contributed by atoms with Gasteiger partial charge in [-0.15, -0.1) is 0 Å². The molecule has 0 aliphatic carbocycles. The van der Waals surface area contributed by atoms with Crippen molar-refractivity contribution in [2.75, 3.05) is 7.11 Å². The van der Waals surface area contributed by atoms with Crippen molar-refractivity contribution in [3.8, 4) is 0 Å².